The lowest BCUT2D eigenvalue weighted by Gasteiger charge is -2.30. The van der Waals surface area contributed by atoms with Gasteiger partial charge in [0.1, 0.15) is 29.2 Å². The summed E-state index contributed by atoms with van der Waals surface area (Å²) >= 11 is 0. The summed E-state index contributed by atoms with van der Waals surface area (Å²) in [5, 5.41) is 6.62. The van der Waals surface area contributed by atoms with Crippen LogP contribution in [-0.4, -0.2) is 78.7 Å². The number of nitrogens with zero attached hydrogens (tertiary/aromatic N) is 2. The van der Waals surface area contributed by atoms with Crippen molar-refractivity contribution in [2.45, 2.75) is 93.3 Å². The van der Waals surface area contributed by atoms with Crippen LogP contribution in [-0.2, 0) is 31.0 Å². The smallest absolute Gasteiger partial charge is 0.259 e. The third-order valence-corrected chi connectivity index (χ3v) is 13.4. The van der Waals surface area contributed by atoms with Crippen molar-refractivity contribution in [3.05, 3.63) is 103 Å². The molecule has 5 atom stereocenters. The van der Waals surface area contributed by atoms with Crippen molar-refractivity contribution in [2.24, 2.45) is 5.92 Å². The van der Waals surface area contributed by atoms with Gasteiger partial charge in [0.25, 0.3) is 5.91 Å². The third kappa shape index (κ3) is 8.55. The topological polar surface area (TPSA) is 156 Å². The molecule has 4 aromatic rings. The van der Waals surface area contributed by atoms with Gasteiger partial charge >= 0.3 is 0 Å². The molecule has 2 saturated carbocycles. The summed E-state index contributed by atoms with van der Waals surface area (Å²) in [6, 6.07) is 25.5. The molecule has 1 saturated heterocycles. The molecule has 0 unspecified atom stereocenters. The molecule has 2 aliphatic carbocycles. The maximum absolute atomic E-state index is 14.8. The summed E-state index contributed by atoms with van der Waals surface area (Å²) in [5.41, 5.74) is 1.85. The number of hydrogen-bond donors (Lipinski definition) is 3. The van der Waals surface area contributed by atoms with E-state index in [0.29, 0.717) is 48.5 Å². The zero-order valence-electron chi connectivity index (χ0n) is 32.1. The number of methoxy groups -OCH3 is 1. The van der Waals surface area contributed by atoms with Crippen LogP contribution in [0.5, 0.6) is 11.5 Å². The number of sulfonamides is 1. The maximum atomic E-state index is 14.8. The largest absolute Gasteiger partial charge is 0.497 e. The van der Waals surface area contributed by atoms with Gasteiger partial charge in [-0.3, -0.25) is 19.1 Å². The van der Waals surface area contributed by atoms with Gasteiger partial charge in [-0.25, -0.2) is 13.4 Å². The van der Waals surface area contributed by atoms with Crippen molar-refractivity contribution in [3.8, 4) is 22.8 Å². The number of amides is 3. The van der Waals surface area contributed by atoms with Crippen LogP contribution >= 0.6 is 0 Å². The van der Waals surface area contributed by atoms with Crippen LogP contribution in [0.25, 0.3) is 22.2 Å². The molecule has 3 fully saturated rings. The summed E-state index contributed by atoms with van der Waals surface area (Å²) in [5.74, 6) is -0.660. The summed E-state index contributed by atoms with van der Waals surface area (Å²) in [4.78, 5) is 49.7. The first-order chi connectivity index (χ1) is 27.6. The van der Waals surface area contributed by atoms with E-state index in [0.717, 1.165) is 42.2 Å². The highest BCUT2D eigenvalue weighted by Crippen LogP contribution is 2.46. The average Bonchev–Trinajstić information content (AvgIpc) is 4.15. The van der Waals surface area contributed by atoms with E-state index in [1.165, 1.54) is 0 Å². The number of carbonyl (C=O) groups is 3. The highest BCUT2D eigenvalue weighted by molar-refractivity contribution is 7.91. The summed E-state index contributed by atoms with van der Waals surface area (Å²) in [7, 11) is -2.26. The minimum Gasteiger partial charge on any atom is -0.497 e. The van der Waals surface area contributed by atoms with E-state index in [-0.39, 0.29) is 31.2 Å². The second-order valence-corrected chi connectivity index (χ2v) is 17.6. The summed E-state index contributed by atoms with van der Waals surface area (Å²) < 4.78 is 40.4. The highest BCUT2D eigenvalue weighted by atomic mass is 32.2. The van der Waals surface area contributed by atoms with Crippen molar-refractivity contribution in [3.63, 3.8) is 0 Å². The van der Waals surface area contributed by atoms with Crippen molar-refractivity contribution >= 4 is 38.6 Å². The zero-order valence-corrected chi connectivity index (χ0v) is 32.9. The van der Waals surface area contributed by atoms with Gasteiger partial charge in [0, 0.05) is 42.0 Å². The molecule has 3 amide bonds. The number of fused-ring (bicyclic) bond motifs is 3. The van der Waals surface area contributed by atoms with Crippen molar-refractivity contribution in [1.29, 1.82) is 0 Å². The number of rotatable bonds is 10. The molecular formula is C44H49N5O7S. The lowest BCUT2D eigenvalue weighted by molar-refractivity contribution is -0.141. The zero-order chi connectivity index (χ0) is 39.6. The van der Waals surface area contributed by atoms with E-state index in [9.17, 15) is 22.8 Å². The quantitative estimate of drug-likeness (QED) is 0.179. The number of pyridine rings is 1. The highest BCUT2D eigenvalue weighted by Gasteiger charge is 2.62. The first kappa shape index (κ1) is 38.6. The molecule has 0 radical (unpaired) electrons. The van der Waals surface area contributed by atoms with Crippen LogP contribution in [0.3, 0.4) is 0 Å². The normalized spacial score (nSPS) is 25.9. The Labute approximate surface area is 333 Å². The van der Waals surface area contributed by atoms with E-state index in [1.54, 1.807) is 12.0 Å². The predicted molar refractivity (Wildman–Crippen MR) is 217 cm³/mol. The minimum atomic E-state index is -3.86. The van der Waals surface area contributed by atoms with Gasteiger partial charge in [0.15, 0.2) is 0 Å². The fourth-order valence-electron chi connectivity index (χ4n) is 8.08. The van der Waals surface area contributed by atoms with Crippen LogP contribution in [0.1, 0.15) is 63.4 Å². The van der Waals surface area contributed by atoms with Crippen molar-refractivity contribution < 1.29 is 32.3 Å². The fraction of sp³-hybridized carbons (Fsp3) is 0.409. The summed E-state index contributed by atoms with van der Waals surface area (Å²) in [6.45, 7) is 0.597. The van der Waals surface area contributed by atoms with Crippen LogP contribution in [0, 0.1) is 5.92 Å². The Balaban J connectivity index is 1.12. The molecule has 3 aromatic carbocycles. The Morgan fingerprint density at radius 3 is 2.49 bits per heavy atom. The SMILES string of the molecule is COc1ccc2c(O[C@@H]3C[C@H]4C(=O)N[C@]5(C(=O)NS(=O)(=O)C6CC6)C[C@H]5/C=C\CCCCC[C@H](NCc5ccccc5)C(=O)N4C3)cc(-c3ccccc3)nc2c1. The molecule has 3 N–H and O–H groups in total. The van der Waals surface area contributed by atoms with Gasteiger partial charge in [-0.2, -0.15) is 0 Å². The molecule has 0 spiro atoms. The third-order valence-electron chi connectivity index (χ3n) is 11.6. The number of benzene rings is 3. The van der Waals surface area contributed by atoms with Crippen molar-refractivity contribution in [2.75, 3.05) is 13.7 Å². The number of carbonyl (C=O) groups excluding carboxylic acids is 3. The van der Waals surface area contributed by atoms with Crippen molar-refractivity contribution in [1.82, 2.24) is 25.2 Å². The molecule has 12 nitrogen and oxygen atoms in total. The van der Waals surface area contributed by atoms with E-state index in [1.807, 2.05) is 97.1 Å². The monoisotopic (exact) mass is 791 g/mol. The standard InChI is InChI=1S/C44H49N5O7S/c1-55-32-19-22-35-38(23-32)46-37(30-15-9-6-10-16-30)25-40(35)56-33-24-39-41(50)47-44(43(52)48-57(53,54)34-20-21-34)26-31(44)17-11-3-2-4-12-18-36(42(51)49(39)28-33)45-27-29-13-7-5-8-14-29/h5-11,13-17,19,22-23,25,31,33-34,36,39,45H,2-4,12,18,20-21,24,26-28H2,1H3,(H,47,50)(H,48,52)/b17-11-/t31-,33-,36+,39+,44-/m1/s1. The second kappa shape index (κ2) is 16.3. The molecule has 57 heavy (non-hydrogen) atoms. The lowest BCUT2D eigenvalue weighted by Crippen LogP contribution is -2.58. The number of ether oxygens (including phenoxy) is 2. The van der Waals surface area contributed by atoms with Gasteiger partial charge < -0.3 is 25.0 Å². The number of allylic oxidation sites excluding steroid dienone is 1. The Morgan fingerprint density at radius 1 is 0.965 bits per heavy atom. The van der Waals surface area contributed by atoms with Crippen LogP contribution in [0.4, 0.5) is 0 Å². The second-order valence-electron chi connectivity index (χ2n) is 15.7. The first-order valence-corrected chi connectivity index (χ1v) is 21.5. The minimum absolute atomic E-state index is 0.125. The maximum Gasteiger partial charge on any atom is 0.259 e. The van der Waals surface area contributed by atoms with Gasteiger partial charge in [-0.05, 0) is 56.2 Å². The first-order valence-electron chi connectivity index (χ1n) is 20.0. The Hall–Kier alpha value is -5.27. The molecular weight excluding hydrogens is 743 g/mol. The lowest BCUT2D eigenvalue weighted by atomic mass is 10.0. The molecule has 13 heteroatoms. The van der Waals surface area contributed by atoms with Crippen LogP contribution in [0.15, 0.2) is 97.1 Å². The van der Waals surface area contributed by atoms with Crippen LogP contribution in [0.2, 0.25) is 0 Å². The molecule has 3 heterocycles. The van der Waals surface area contributed by atoms with E-state index in [4.69, 9.17) is 14.5 Å². The Bertz CT molecular complexity index is 2270. The average molecular weight is 792 g/mol. The number of nitrogens with one attached hydrogen (secondary N) is 3. The van der Waals surface area contributed by atoms with E-state index in [2.05, 4.69) is 15.4 Å². The predicted octanol–water partition coefficient (Wildman–Crippen LogP) is 5.42. The molecule has 2 aliphatic heterocycles. The molecule has 0 bridgehead atoms. The molecule has 8 rings (SSSR count). The van der Waals surface area contributed by atoms with Crippen LogP contribution < -0.4 is 24.8 Å². The molecule has 4 aliphatic rings. The van der Waals surface area contributed by atoms with Gasteiger partial charge in [-0.15, -0.1) is 0 Å². The van der Waals surface area contributed by atoms with Gasteiger partial charge in [0.05, 0.1) is 36.2 Å². The molecule has 1 aromatic heterocycles. The Kier molecular flexibility index (Phi) is 11.0. The van der Waals surface area contributed by atoms with E-state index < -0.39 is 50.8 Å². The number of aromatic nitrogens is 1. The summed E-state index contributed by atoms with van der Waals surface area (Å²) in [6.07, 6.45) is 8.70. The Morgan fingerprint density at radius 2 is 1.74 bits per heavy atom. The molecule has 298 valence electrons. The number of hydrogen-bond acceptors (Lipinski definition) is 9. The van der Waals surface area contributed by atoms with E-state index >= 15 is 0 Å². The van der Waals surface area contributed by atoms with Gasteiger partial charge in [0.2, 0.25) is 21.8 Å². The fourth-order valence-corrected chi connectivity index (χ4v) is 9.44. The van der Waals surface area contributed by atoms with Gasteiger partial charge in [-0.1, -0.05) is 85.7 Å².